The standard InChI is InChI=1S/C36H47N3/c1-2-5-17-28(16-4-1)31-22-10-13-25-34(31)37-39(36-27-15-12-24-33(36)30-20-8-9-21-30)38-35-26-14-11-23-32(35)29-18-6-3-7-19-29/h10-15,22-30,37-38H,1-9,16-21H2. The molecule has 3 aliphatic rings. The third-order valence-corrected chi connectivity index (χ3v) is 9.70. The zero-order valence-corrected chi connectivity index (χ0v) is 23.7. The first-order chi connectivity index (χ1) is 19.4. The summed E-state index contributed by atoms with van der Waals surface area (Å²) in [5.74, 6) is 1.92. The lowest BCUT2D eigenvalue weighted by atomic mass is 9.83. The van der Waals surface area contributed by atoms with Crippen LogP contribution in [0, 0.1) is 0 Å². The van der Waals surface area contributed by atoms with Gasteiger partial charge < -0.3 is 0 Å². The highest BCUT2D eigenvalue weighted by Crippen LogP contribution is 2.42. The van der Waals surface area contributed by atoms with E-state index in [4.69, 9.17) is 0 Å². The predicted molar refractivity (Wildman–Crippen MR) is 167 cm³/mol. The molecule has 0 amide bonds. The Labute approximate surface area is 236 Å². The topological polar surface area (TPSA) is 27.3 Å². The van der Waals surface area contributed by atoms with E-state index in [2.05, 4.69) is 88.8 Å². The van der Waals surface area contributed by atoms with Gasteiger partial charge in [0.1, 0.15) is 0 Å². The van der Waals surface area contributed by atoms with Crippen molar-refractivity contribution in [3.05, 3.63) is 89.5 Å². The summed E-state index contributed by atoms with van der Waals surface area (Å²) in [6, 6.07) is 27.3. The largest absolute Gasteiger partial charge is 0.279 e. The number of nitrogens with one attached hydrogen (secondary N) is 2. The zero-order chi connectivity index (χ0) is 26.3. The number of benzene rings is 3. The number of nitrogens with zero attached hydrogens (tertiary/aromatic N) is 1. The van der Waals surface area contributed by atoms with Crippen LogP contribution in [0.1, 0.15) is 131 Å². The lowest BCUT2D eigenvalue weighted by Gasteiger charge is -2.34. The minimum Gasteiger partial charge on any atom is -0.279 e. The summed E-state index contributed by atoms with van der Waals surface area (Å²) in [7, 11) is 0. The maximum Gasteiger partial charge on any atom is 0.0846 e. The van der Waals surface area contributed by atoms with Gasteiger partial charge in [0.2, 0.25) is 0 Å². The van der Waals surface area contributed by atoms with E-state index < -0.39 is 0 Å². The van der Waals surface area contributed by atoms with Crippen LogP contribution in [0.4, 0.5) is 17.1 Å². The van der Waals surface area contributed by atoms with Crippen LogP contribution in [0.5, 0.6) is 0 Å². The van der Waals surface area contributed by atoms with Crippen LogP contribution in [0.15, 0.2) is 72.8 Å². The van der Waals surface area contributed by atoms with Crippen molar-refractivity contribution in [1.29, 1.82) is 0 Å². The maximum atomic E-state index is 3.95. The second-order valence-electron chi connectivity index (χ2n) is 12.3. The third-order valence-electron chi connectivity index (χ3n) is 9.70. The minimum absolute atomic E-state index is 0.637. The van der Waals surface area contributed by atoms with Crippen molar-refractivity contribution in [3.8, 4) is 0 Å². The van der Waals surface area contributed by atoms with E-state index in [0.717, 1.165) is 0 Å². The molecule has 39 heavy (non-hydrogen) atoms. The van der Waals surface area contributed by atoms with Crippen molar-refractivity contribution in [2.24, 2.45) is 0 Å². The molecular weight excluding hydrogens is 474 g/mol. The fourth-order valence-electron chi connectivity index (χ4n) is 7.58. The van der Waals surface area contributed by atoms with Crippen molar-refractivity contribution < 1.29 is 0 Å². The monoisotopic (exact) mass is 521 g/mol. The normalized spacial score (nSPS) is 19.5. The summed E-state index contributed by atoms with van der Waals surface area (Å²) in [6.45, 7) is 0. The molecule has 3 aliphatic carbocycles. The van der Waals surface area contributed by atoms with E-state index in [0.29, 0.717) is 17.8 Å². The van der Waals surface area contributed by atoms with Gasteiger partial charge in [0.25, 0.3) is 0 Å². The molecule has 3 aromatic rings. The average Bonchev–Trinajstić information content (AvgIpc) is 3.40. The zero-order valence-electron chi connectivity index (χ0n) is 23.7. The maximum absolute atomic E-state index is 3.95. The third kappa shape index (κ3) is 6.29. The number of hydrogen-bond acceptors (Lipinski definition) is 3. The van der Waals surface area contributed by atoms with Crippen LogP contribution in [-0.4, -0.2) is 0 Å². The molecule has 6 rings (SSSR count). The van der Waals surface area contributed by atoms with Crippen LogP contribution in [0.2, 0.25) is 0 Å². The van der Waals surface area contributed by atoms with Crippen molar-refractivity contribution in [3.63, 3.8) is 0 Å². The molecule has 0 heterocycles. The number of hydrazine groups is 2. The van der Waals surface area contributed by atoms with E-state index in [1.165, 1.54) is 130 Å². The predicted octanol–water partition coefficient (Wildman–Crippen LogP) is 10.7. The average molecular weight is 522 g/mol. The van der Waals surface area contributed by atoms with Crippen molar-refractivity contribution in [1.82, 2.24) is 0 Å². The van der Waals surface area contributed by atoms with Crippen molar-refractivity contribution in [2.45, 2.75) is 114 Å². The molecule has 0 bridgehead atoms. The molecule has 0 unspecified atom stereocenters. The number of hydrogen-bond donors (Lipinski definition) is 2. The molecule has 0 aliphatic heterocycles. The molecule has 0 atom stereocenters. The minimum atomic E-state index is 0.637. The van der Waals surface area contributed by atoms with Crippen LogP contribution in [0.3, 0.4) is 0 Å². The van der Waals surface area contributed by atoms with Gasteiger partial charge in [-0.15, -0.1) is 0 Å². The lowest BCUT2D eigenvalue weighted by molar-refractivity contribution is 0.444. The van der Waals surface area contributed by atoms with Crippen LogP contribution < -0.4 is 16.0 Å². The molecule has 3 nitrogen and oxygen atoms in total. The van der Waals surface area contributed by atoms with Gasteiger partial charge in [-0.3, -0.25) is 10.9 Å². The van der Waals surface area contributed by atoms with E-state index in [1.54, 1.807) is 0 Å². The Morgan fingerprint density at radius 1 is 0.410 bits per heavy atom. The van der Waals surface area contributed by atoms with Gasteiger partial charge in [-0.05, 0) is 91.2 Å². The molecule has 0 aromatic heterocycles. The fraction of sp³-hybridized carbons (Fsp3) is 0.500. The molecular formula is C36H47N3. The first-order valence-electron chi connectivity index (χ1n) is 16.0. The molecule has 3 heteroatoms. The highest BCUT2D eigenvalue weighted by molar-refractivity contribution is 5.68. The molecule has 206 valence electrons. The molecule has 0 saturated heterocycles. The second kappa shape index (κ2) is 12.9. The number of anilines is 3. The Kier molecular flexibility index (Phi) is 8.72. The van der Waals surface area contributed by atoms with E-state index in [1.807, 2.05) is 0 Å². The highest BCUT2D eigenvalue weighted by atomic mass is 15.7. The van der Waals surface area contributed by atoms with E-state index >= 15 is 0 Å². The Bertz CT molecular complexity index is 1180. The quantitative estimate of drug-likeness (QED) is 0.228. The van der Waals surface area contributed by atoms with Gasteiger partial charge in [-0.25, -0.2) is 0 Å². The van der Waals surface area contributed by atoms with Gasteiger partial charge in [-0.2, -0.15) is 5.12 Å². The molecule has 3 saturated carbocycles. The molecule has 0 spiro atoms. The van der Waals surface area contributed by atoms with Gasteiger partial charge in [-0.1, -0.05) is 112 Å². The summed E-state index contributed by atoms with van der Waals surface area (Å²) in [6.07, 6.45) is 20.0. The van der Waals surface area contributed by atoms with Gasteiger partial charge in [0.05, 0.1) is 17.1 Å². The Morgan fingerprint density at radius 2 is 0.769 bits per heavy atom. The number of rotatable bonds is 8. The Balaban J connectivity index is 1.37. The molecule has 0 radical (unpaired) electrons. The van der Waals surface area contributed by atoms with Gasteiger partial charge in [0.15, 0.2) is 0 Å². The second-order valence-corrected chi connectivity index (χ2v) is 12.3. The highest BCUT2D eigenvalue weighted by Gasteiger charge is 2.25. The summed E-state index contributed by atoms with van der Waals surface area (Å²) in [5, 5.41) is 2.27. The Hall–Kier alpha value is -2.94. The first kappa shape index (κ1) is 26.3. The lowest BCUT2D eigenvalue weighted by Crippen LogP contribution is -2.37. The fourth-order valence-corrected chi connectivity index (χ4v) is 7.58. The molecule has 2 N–H and O–H groups in total. The summed E-state index contributed by atoms with van der Waals surface area (Å²) >= 11 is 0. The van der Waals surface area contributed by atoms with E-state index in [-0.39, 0.29) is 0 Å². The van der Waals surface area contributed by atoms with Crippen molar-refractivity contribution >= 4 is 17.1 Å². The Morgan fingerprint density at radius 3 is 1.28 bits per heavy atom. The molecule has 3 fully saturated rings. The summed E-state index contributed by atoms with van der Waals surface area (Å²) < 4.78 is 0. The SMILES string of the molecule is c1ccc(C2CCCCCC2)c(NN(Nc2ccccc2C2CCCCC2)c2ccccc2C2CCCC2)c1. The van der Waals surface area contributed by atoms with Gasteiger partial charge in [0, 0.05) is 0 Å². The van der Waals surface area contributed by atoms with E-state index in [9.17, 15) is 0 Å². The summed E-state index contributed by atoms with van der Waals surface area (Å²) in [5.41, 5.74) is 16.0. The first-order valence-corrected chi connectivity index (χ1v) is 16.0. The number of para-hydroxylation sites is 3. The smallest absolute Gasteiger partial charge is 0.0846 e. The summed E-state index contributed by atoms with van der Waals surface area (Å²) in [4.78, 5) is 0. The van der Waals surface area contributed by atoms with Crippen LogP contribution in [0.25, 0.3) is 0 Å². The molecule has 3 aromatic carbocycles. The van der Waals surface area contributed by atoms with Gasteiger partial charge >= 0.3 is 0 Å². The van der Waals surface area contributed by atoms with Crippen LogP contribution in [-0.2, 0) is 0 Å². The van der Waals surface area contributed by atoms with Crippen LogP contribution >= 0.6 is 0 Å². The van der Waals surface area contributed by atoms with Crippen molar-refractivity contribution in [2.75, 3.05) is 16.0 Å².